The molecule has 5 rings (SSSR count). The molecule has 3 aliphatic rings. The molecule has 1 saturated carbocycles. The molecule has 36 heavy (non-hydrogen) atoms. The Morgan fingerprint density at radius 3 is 2.67 bits per heavy atom. The van der Waals surface area contributed by atoms with Crippen molar-refractivity contribution in [3.05, 3.63) is 40.3 Å². The Morgan fingerprint density at radius 2 is 2.00 bits per heavy atom. The first kappa shape index (κ1) is 25.3. The van der Waals surface area contributed by atoms with Gasteiger partial charge >= 0.3 is 0 Å². The van der Waals surface area contributed by atoms with Gasteiger partial charge in [-0.3, -0.25) is 9.36 Å². The minimum Gasteiger partial charge on any atom is -0.388 e. The van der Waals surface area contributed by atoms with Gasteiger partial charge in [0.05, 0.1) is 17.4 Å². The first-order valence-electron chi connectivity index (χ1n) is 12.8. The Kier molecular flexibility index (Phi) is 6.92. The molecule has 0 spiro atoms. The number of anilines is 1. The molecule has 2 atom stereocenters. The van der Waals surface area contributed by atoms with Crippen LogP contribution in [-0.4, -0.2) is 87.9 Å². The second kappa shape index (κ2) is 9.85. The number of nitrogens with zero attached hydrogens (tertiary/aromatic N) is 5. The second-order valence-corrected chi connectivity index (χ2v) is 12.7. The summed E-state index contributed by atoms with van der Waals surface area (Å²) in [5.74, 6) is 0.473. The normalized spacial score (nSPS) is 27.9. The molecule has 0 bridgehead atoms. The summed E-state index contributed by atoms with van der Waals surface area (Å²) < 4.78 is 28.9. The van der Waals surface area contributed by atoms with E-state index < -0.39 is 15.6 Å². The van der Waals surface area contributed by atoms with Gasteiger partial charge in [-0.15, -0.1) is 0 Å². The lowest BCUT2D eigenvalue weighted by molar-refractivity contribution is 0.0267. The average Bonchev–Trinajstić information content (AvgIpc) is 3.42. The summed E-state index contributed by atoms with van der Waals surface area (Å²) in [6.45, 7) is 4.51. The number of aromatic nitrogens is 3. The molecule has 1 aliphatic carbocycles. The standard InChI is InChI=1S/C25H36N6O4S/c1-25(33)11-3-4-21(25)31-22(32)6-5-19-16-26-24(28-23(19)31)27-20-8-13-30(14-9-20)36(34,35)15-10-18-7-12-29(2)17-18/h5-6,10,16,20-21,33H,3-4,7-9,11-15,17H2,1-2H3,(H,26,27,28)/b18-10-/t21-,25-/m1/s1. The predicted octanol–water partition coefficient (Wildman–Crippen LogP) is 1.74. The number of aliphatic hydroxyl groups is 1. The van der Waals surface area contributed by atoms with Gasteiger partial charge in [0.25, 0.3) is 5.56 Å². The summed E-state index contributed by atoms with van der Waals surface area (Å²) in [6, 6.07) is 2.92. The van der Waals surface area contributed by atoms with E-state index in [-0.39, 0.29) is 23.4 Å². The van der Waals surface area contributed by atoms with E-state index in [2.05, 4.69) is 20.2 Å². The number of hydrogen-bond donors (Lipinski definition) is 2. The minimum atomic E-state index is -3.33. The summed E-state index contributed by atoms with van der Waals surface area (Å²) in [5, 5.41) is 14.9. The molecule has 2 N–H and O–H groups in total. The Hall–Kier alpha value is -2.34. The number of likely N-dealkylation sites (tertiary alicyclic amines) is 1. The Bertz CT molecular complexity index is 1310. The molecule has 0 unspecified atom stereocenters. The zero-order chi connectivity index (χ0) is 25.5. The third-order valence-electron chi connectivity index (χ3n) is 7.91. The molecule has 10 nitrogen and oxygen atoms in total. The van der Waals surface area contributed by atoms with Crippen LogP contribution in [0.2, 0.25) is 0 Å². The fourth-order valence-electron chi connectivity index (χ4n) is 5.74. The summed E-state index contributed by atoms with van der Waals surface area (Å²) >= 11 is 0. The molecular formula is C25H36N6O4S. The average molecular weight is 517 g/mol. The number of likely N-dealkylation sites (N-methyl/N-ethyl adjacent to an activating group) is 1. The monoisotopic (exact) mass is 516 g/mol. The van der Waals surface area contributed by atoms with Crippen molar-refractivity contribution in [1.29, 1.82) is 0 Å². The maximum Gasteiger partial charge on any atom is 0.252 e. The molecule has 196 valence electrons. The fraction of sp³-hybridized carbons (Fsp3) is 0.640. The fourth-order valence-corrected chi connectivity index (χ4v) is 7.17. The van der Waals surface area contributed by atoms with Gasteiger partial charge in [-0.25, -0.2) is 17.7 Å². The van der Waals surface area contributed by atoms with Gasteiger partial charge in [0.15, 0.2) is 0 Å². The molecule has 4 heterocycles. The largest absolute Gasteiger partial charge is 0.388 e. The van der Waals surface area contributed by atoms with Crippen LogP contribution < -0.4 is 10.9 Å². The van der Waals surface area contributed by atoms with Crippen LogP contribution in [0, 0.1) is 0 Å². The van der Waals surface area contributed by atoms with E-state index in [1.807, 2.05) is 13.1 Å². The molecule has 2 saturated heterocycles. The number of piperidine rings is 1. The third-order valence-corrected chi connectivity index (χ3v) is 9.65. The van der Waals surface area contributed by atoms with E-state index in [9.17, 15) is 18.3 Å². The Morgan fingerprint density at radius 1 is 1.22 bits per heavy atom. The quantitative estimate of drug-likeness (QED) is 0.557. The molecule has 0 amide bonds. The van der Waals surface area contributed by atoms with Gasteiger partial charge in [-0.05, 0) is 58.6 Å². The van der Waals surface area contributed by atoms with Crippen LogP contribution in [0.4, 0.5) is 5.95 Å². The van der Waals surface area contributed by atoms with Crippen LogP contribution in [-0.2, 0) is 10.0 Å². The van der Waals surface area contributed by atoms with Crippen molar-refractivity contribution >= 4 is 27.0 Å². The van der Waals surface area contributed by atoms with Gasteiger partial charge in [0.1, 0.15) is 5.65 Å². The number of hydrogen-bond acceptors (Lipinski definition) is 8. The summed E-state index contributed by atoms with van der Waals surface area (Å²) in [7, 11) is -1.28. The summed E-state index contributed by atoms with van der Waals surface area (Å²) in [5.41, 5.74) is 0.567. The number of rotatable bonds is 6. The Labute approximate surface area is 212 Å². The highest BCUT2D eigenvalue weighted by molar-refractivity contribution is 7.89. The van der Waals surface area contributed by atoms with Crippen molar-refractivity contribution in [3.63, 3.8) is 0 Å². The van der Waals surface area contributed by atoms with E-state index in [0.29, 0.717) is 43.9 Å². The molecule has 11 heteroatoms. The van der Waals surface area contributed by atoms with Crippen molar-refractivity contribution in [1.82, 2.24) is 23.7 Å². The van der Waals surface area contributed by atoms with Gasteiger partial charge in [-0.2, -0.15) is 4.98 Å². The highest BCUT2D eigenvalue weighted by Crippen LogP contribution is 2.39. The first-order valence-corrected chi connectivity index (χ1v) is 14.4. The number of nitrogens with one attached hydrogen (secondary N) is 1. The highest BCUT2D eigenvalue weighted by Gasteiger charge is 2.39. The van der Waals surface area contributed by atoms with Crippen molar-refractivity contribution in [2.24, 2.45) is 0 Å². The molecule has 2 aromatic heterocycles. The van der Waals surface area contributed by atoms with Crippen LogP contribution >= 0.6 is 0 Å². The van der Waals surface area contributed by atoms with Gasteiger partial charge in [0.2, 0.25) is 16.0 Å². The van der Waals surface area contributed by atoms with Gasteiger partial charge in [0, 0.05) is 49.9 Å². The maximum absolute atomic E-state index is 12.9. The third kappa shape index (κ3) is 5.20. The second-order valence-electron chi connectivity index (χ2n) is 10.7. The van der Waals surface area contributed by atoms with Gasteiger partial charge < -0.3 is 15.3 Å². The lowest BCUT2D eigenvalue weighted by atomic mass is 10.00. The first-order chi connectivity index (χ1) is 17.1. The van der Waals surface area contributed by atoms with Crippen molar-refractivity contribution in [2.45, 2.75) is 63.1 Å². The smallest absolute Gasteiger partial charge is 0.252 e. The highest BCUT2D eigenvalue weighted by atomic mass is 32.2. The molecule has 3 fully saturated rings. The van der Waals surface area contributed by atoms with Crippen molar-refractivity contribution in [2.75, 3.05) is 44.3 Å². The summed E-state index contributed by atoms with van der Waals surface area (Å²) in [6.07, 6.45) is 8.04. The number of pyridine rings is 1. The van der Waals surface area contributed by atoms with E-state index in [1.165, 1.54) is 11.6 Å². The SMILES string of the molecule is CN1CC/C(=C/CS(=O)(=O)N2CCC(Nc3ncc4ccc(=O)n([C@@H]5CCC[C@@]5(C)O)c4n3)CC2)C1. The van der Waals surface area contributed by atoms with Gasteiger partial charge in [-0.1, -0.05) is 11.6 Å². The van der Waals surface area contributed by atoms with Crippen molar-refractivity contribution < 1.29 is 13.5 Å². The van der Waals surface area contributed by atoms with Crippen LogP contribution in [0.1, 0.15) is 51.5 Å². The van der Waals surface area contributed by atoms with Crippen LogP contribution in [0.15, 0.2) is 34.8 Å². The molecule has 0 aromatic carbocycles. The van der Waals surface area contributed by atoms with Crippen LogP contribution in [0.3, 0.4) is 0 Å². The lowest BCUT2D eigenvalue weighted by Crippen LogP contribution is -2.43. The number of sulfonamides is 1. The van der Waals surface area contributed by atoms with E-state index >= 15 is 0 Å². The minimum absolute atomic E-state index is 0.0363. The topological polar surface area (TPSA) is 121 Å². The number of fused-ring (bicyclic) bond motifs is 1. The lowest BCUT2D eigenvalue weighted by Gasteiger charge is -2.31. The zero-order valence-electron chi connectivity index (χ0n) is 21.1. The Balaban J connectivity index is 1.26. The zero-order valence-corrected chi connectivity index (χ0v) is 21.9. The van der Waals surface area contributed by atoms with E-state index in [4.69, 9.17) is 0 Å². The van der Waals surface area contributed by atoms with Crippen molar-refractivity contribution in [3.8, 4) is 0 Å². The molecular weight excluding hydrogens is 480 g/mol. The van der Waals surface area contributed by atoms with E-state index in [1.54, 1.807) is 28.1 Å². The van der Waals surface area contributed by atoms with Crippen LogP contribution in [0.25, 0.3) is 11.0 Å². The molecule has 2 aromatic rings. The van der Waals surface area contributed by atoms with E-state index in [0.717, 1.165) is 37.7 Å². The predicted molar refractivity (Wildman–Crippen MR) is 140 cm³/mol. The molecule has 2 aliphatic heterocycles. The summed E-state index contributed by atoms with van der Waals surface area (Å²) in [4.78, 5) is 24.1. The molecule has 0 radical (unpaired) electrons. The van der Waals surface area contributed by atoms with Crippen LogP contribution in [0.5, 0.6) is 0 Å². The maximum atomic E-state index is 12.9.